The maximum Gasteiger partial charge on any atom is 0.293 e. The molecule has 5 heteroatoms. The molecule has 0 fully saturated rings. The summed E-state index contributed by atoms with van der Waals surface area (Å²) in [6, 6.07) is 0. The zero-order valence-electron chi connectivity index (χ0n) is 6.96. The number of nitrogens with zero attached hydrogens (tertiary/aromatic N) is 1. The number of H-pyrrole nitrogens is 1. The van der Waals surface area contributed by atoms with E-state index in [1.165, 1.54) is 18.0 Å². The van der Waals surface area contributed by atoms with Crippen LogP contribution in [0.2, 0.25) is 0 Å². The van der Waals surface area contributed by atoms with Crippen molar-refractivity contribution in [2.75, 3.05) is 12.9 Å². The topological polar surface area (TPSA) is 55.0 Å². The molecule has 1 heterocycles. The molecule has 0 saturated heterocycles. The summed E-state index contributed by atoms with van der Waals surface area (Å²) in [5, 5.41) is 0.600. The first-order valence-electron chi connectivity index (χ1n) is 3.54. The highest BCUT2D eigenvalue weighted by molar-refractivity contribution is 7.98. The van der Waals surface area contributed by atoms with Crippen molar-refractivity contribution in [3.63, 3.8) is 0 Å². The van der Waals surface area contributed by atoms with Crippen LogP contribution in [0.1, 0.15) is 6.92 Å². The second-order valence-electron chi connectivity index (χ2n) is 2.02. The molecule has 1 aromatic rings. The zero-order chi connectivity index (χ0) is 8.97. The lowest BCUT2D eigenvalue weighted by Crippen LogP contribution is -2.12. The molecule has 0 bridgehead atoms. The Bertz CT molecular complexity index is 311. The van der Waals surface area contributed by atoms with Crippen LogP contribution in [0.4, 0.5) is 0 Å². The van der Waals surface area contributed by atoms with Crippen molar-refractivity contribution in [1.82, 2.24) is 9.97 Å². The van der Waals surface area contributed by atoms with E-state index >= 15 is 0 Å². The maximum atomic E-state index is 11.2. The van der Waals surface area contributed by atoms with Gasteiger partial charge in [-0.15, -0.1) is 0 Å². The van der Waals surface area contributed by atoms with Crippen LogP contribution >= 0.6 is 11.8 Å². The predicted octanol–water partition coefficient (Wildman–Crippen LogP) is 0.890. The monoisotopic (exact) mass is 186 g/mol. The lowest BCUT2D eigenvalue weighted by molar-refractivity contribution is 0.332. The summed E-state index contributed by atoms with van der Waals surface area (Å²) in [7, 11) is 0. The summed E-state index contributed by atoms with van der Waals surface area (Å²) >= 11 is 1.39. The Hall–Kier alpha value is -0.970. The van der Waals surface area contributed by atoms with Crippen LogP contribution in [0, 0.1) is 0 Å². The van der Waals surface area contributed by atoms with Gasteiger partial charge in [-0.3, -0.25) is 9.78 Å². The largest absolute Gasteiger partial charge is 0.487 e. The Balaban J connectivity index is 2.96. The third-order valence-corrected chi connectivity index (χ3v) is 1.83. The van der Waals surface area contributed by atoms with Crippen LogP contribution in [0.25, 0.3) is 0 Å². The van der Waals surface area contributed by atoms with Crippen LogP contribution in [-0.2, 0) is 0 Å². The number of rotatable bonds is 3. The smallest absolute Gasteiger partial charge is 0.293 e. The van der Waals surface area contributed by atoms with E-state index in [-0.39, 0.29) is 11.3 Å². The van der Waals surface area contributed by atoms with E-state index in [0.29, 0.717) is 11.8 Å². The van der Waals surface area contributed by atoms with Crippen LogP contribution in [0.3, 0.4) is 0 Å². The van der Waals surface area contributed by atoms with Crippen molar-refractivity contribution >= 4 is 11.8 Å². The lowest BCUT2D eigenvalue weighted by atomic mass is 10.6. The van der Waals surface area contributed by atoms with E-state index in [2.05, 4.69) is 9.97 Å². The third kappa shape index (κ3) is 2.01. The summed E-state index contributed by atoms with van der Waals surface area (Å²) < 4.78 is 5.02. The molecule has 1 rings (SSSR count). The lowest BCUT2D eigenvalue weighted by Gasteiger charge is -2.00. The Morgan fingerprint density at radius 2 is 2.50 bits per heavy atom. The molecular weight excluding hydrogens is 176 g/mol. The van der Waals surface area contributed by atoms with Gasteiger partial charge < -0.3 is 4.74 Å². The molecule has 0 amide bonds. The predicted molar refractivity (Wildman–Crippen MR) is 47.8 cm³/mol. The Morgan fingerprint density at radius 3 is 3.00 bits per heavy atom. The Labute approximate surface area is 74.4 Å². The second kappa shape index (κ2) is 4.15. The molecule has 66 valence electrons. The second-order valence-corrected chi connectivity index (χ2v) is 2.81. The van der Waals surface area contributed by atoms with Gasteiger partial charge in [0.25, 0.3) is 5.56 Å². The van der Waals surface area contributed by atoms with Crippen molar-refractivity contribution < 1.29 is 4.74 Å². The fraction of sp³-hybridized carbons (Fsp3) is 0.429. The minimum Gasteiger partial charge on any atom is -0.487 e. The summed E-state index contributed by atoms with van der Waals surface area (Å²) in [6.07, 6.45) is 3.28. The summed E-state index contributed by atoms with van der Waals surface area (Å²) in [5.74, 6) is 0.273. The zero-order valence-corrected chi connectivity index (χ0v) is 7.77. The minimum atomic E-state index is -0.226. The summed E-state index contributed by atoms with van der Waals surface area (Å²) in [5.41, 5.74) is -0.226. The van der Waals surface area contributed by atoms with Crippen molar-refractivity contribution in [2.24, 2.45) is 0 Å². The number of nitrogens with one attached hydrogen (secondary N) is 1. The van der Waals surface area contributed by atoms with Gasteiger partial charge in [-0.1, -0.05) is 11.8 Å². The SMILES string of the molecule is CCOc1cnc(SC)[nH]c1=O. The first kappa shape index (κ1) is 9.12. The van der Waals surface area contributed by atoms with E-state index in [4.69, 9.17) is 4.74 Å². The minimum absolute atomic E-state index is 0.226. The Morgan fingerprint density at radius 1 is 1.75 bits per heavy atom. The highest BCUT2D eigenvalue weighted by atomic mass is 32.2. The number of hydrogen-bond donors (Lipinski definition) is 1. The molecule has 12 heavy (non-hydrogen) atoms. The molecule has 0 aromatic carbocycles. The number of hydrogen-bond acceptors (Lipinski definition) is 4. The quantitative estimate of drug-likeness (QED) is 0.562. The molecule has 0 saturated carbocycles. The van der Waals surface area contributed by atoms with E-state index in [1.807, 2.05) is 13.2 Å². The highest BCUT2D eigenvalue weighted by Crippen LogP contribution is 2.06. The normalized spacial score (nSPS) is 9.83. The van der Waals surface area contributed by atoms with E-state index in [1.54, 1.807) is 0 Å². The molecule has 0 aliphatic rings. The van der Waals surface area contributed by atoms with Gasteiger partial charge in [0.2, 0.25) is 5.75 Å². The van der Waals surface area contributed by atoms with Crippen LogP contribution in [-0.4, -0.2) is 22.8 Å². The van der Waals surface area contributed by atoms with Crippen LogP contribution in [0.5, 0.6) is 5.75 Å². The first-order chi connectivity index (χ1) is 5.77. The first-order valence-corrected chi connectivity index (χ1v) is 4.76. The standard InChI is InChI=1S/C7H10N2O2S/c1-3-11-5-4-8-7(12-2)9-6(5)10/h4H,3H2,1-2H3,(H,8,9,10). The van der Waals surface area contributed by atoms with Crippen LogP contribution < -0.4 is 10.3 Å². The molecule has 1 aromatic heterocycles. The van der Waals surface area contributed by atoms with Gasteiger partial charge in [0.1, 0.15) is 0 Å². The maximum absolute atomic E-state index is 11.2. The average molecular weight is 186 g/mol. The van der Waals surface area contributed by atoms with E-state index < -0.39 is 0 Å². The fourth-order valence-electron chi connectivity index (χ4n) is 0.729. The van der Waals surface area contributed by atoms with Gasteiger partial charge in [-0.05, 0) is 13.2 Å². The fourth-order valence-corrected chi connectivity index (χ4v) is 1.08. The Kier molecular flexibility index (Phi) is 3.16. The summed E-state index contributed by atoms with van der Waals surface area (Å²) in [4.78, 5) is 17.7. The van der Waals surface area contributed by atoms with Crippen molar-refractivity contribution in [3.8, 4) is 5.75 Å². The molecule has 0 atom stereocenters. The molecule has 0 unspecified atom stereocenters. The molecule has 4 nitrogen and oxygen atoms in total. The van der Waals surface area contributed by atoms with E-state index in [0.717, 1.165) is 0 Å². The van der Waals surface area contributed by atoms with E-state index in [9.17, 15) is 4.79 Å². The molecule has 1 N–H and O–H groups in total. The molecule has 0 spiro atoms. The number of aromatic amines is 1. The van der Waals surface area contributed by atoms with Gasteiger partial charge >= 0.3 is 0 Å². The molecule has 0 aliphatic carbocycles. The van der Waals surface area contributed by atoms with Crippen LogP contribution in [0.15, 0.2) is 16.1 Å². The molecular formula is C7H10N2O2S. The van der Waals surface area contributed by atoms with Crippen molar-refractivity contribution in [3.05, 3.63) is 16.6 Å². The molecule has 0 radical (unpaired) electrons. The van der Waals surface area contributed by atoms with Gasteiger partial charge in [0, 0.05) is 0 Å². The highest BCUT2D eigenvalue weighted by Gasteiger charge is 2.00. The van der Waals surface area contributed by atoms with Gasteiger partial charge in [0.05, 0.1) is 12.8 Å². The average Bonchev–Trinajstić information content (AvgIpc) is 2.09. The molecule has 0 aliphatic heterocycles. The van der Waals surface area contributed by atoms with Crippen molar-refractivity contribution in [2.45, 2.75) is 12.1 Å². The third-order valence-electron chi connectivity index (χ3n) is 1.24. The number of thioether (sulfide) groups is 1. The number of ether oxygens (including phenoxy) is 1. The number of aromatic nitrogens is 2. The van der Waals surface area contributed by atoms with Gasteiger partial charge in [-0.2, -0.15) is 0 Å². The van der Waals surface area contributed by atoms with Gasteiger partial charge in [0.15, 0.2) is 5.16 Å². The summed E-state index contributed by atoms with van der Waals surface area (Å²) in [6.45, 7) is 2.30. The van der Waals surface area contributed by atoms with Gasteiger partial charge in [-0.25, -0.2) is 4.98 Å². The van der Waals surface area contributed by atoms with Crippen molar-refractivity contribution in [1.29, 1.82) is 0 Å².